The van der Waals surface area contributed by atoms with Gasteiger partial charge in [0.2, 0.25) is 17.7 Å². The number of aliphatic carboxylic acids is 1. The van der Waals surface area contributed by atoms with Crippen LogP contribution < -0.4 is 21.3 Å². The molecule has 0 radical (unpaired) electrons. The molecule has 1 saturated heterocycles. The number of carbonyl (C=O) groups is 4. The molecule has 3 atom stereocenters. The summed E-state index contributed by atoms with van der Waals surface area (Å²) < 4.78 is 0. The minimum Gasteiger partial charge on any atom is -0.480 e. The average molecular weight is 358 g/mol. The summed E-state index contributed by atoms with van der Waals surface area (Å²) in [6, 6.07) is -2.56. The van der Waals surface area contributed by atoms with E-state index in [1.54, 1.807) is 13.8 Å². The summed E-state index contributed by atoms with van der Waals surface area (Å²) in [5.74, 6) is -3.12. The zero-order valence-electron chi connectivity index (χ0n) is 14.4. The third-order valence-electron chi connectivity index (χ3n) is 3.86. The molecular weight excluding hydrogens is 332 g/mol. The number of amides is 3. The highest BCUT2D eigenvalue weighted by atomic mass is 16.4. The summed E-state index contributed by atoms with van der Waals surface area (Å²) in [5.41, 5.74) is 0. The lowest BCUT2D eigenvalue weighted by Crippen LogP contribution is -2.55. The van der Waals surface area contributed by atoms with Crippen LogP contribution in [0.4, 0.5) is 0 Å². The standard InChI is InChI=1S/C15H26N4O6/c1-8(2)12(19-13(22)9-4-3-5-16-9)14(23)17-6-11(21)18-10(7-20)15(24)25/h8-10,12,16,20H,3-7H2,1-2H3,(H,17,23)(H,18,21)(H,19,22)(H,24,25). The molecule has 1 fully saturated rings. The third kappa shape index (κ3) is 6.67. The van der Waals surface area contributed by atoms with E-state index in [1.807, 2.05) is 0 Å². The van der Waals surface area contributed by atoms with Crippen LogP contribution in [-0.2, 0) is 19.2 Å². The van der Waals surface area contributed by atoms with Crippen molar-refractivity contribution in [3.05, 3.63) is 0 Å². The van der Waals surface area contributed by atoms with Crippen molar-refractivity contribution in [2.75, 3.05) is 19.7 Å². The van der Waals surface area contributed by atoms with Gasteiger partial charge in [0.1, 0.15) is 12.1 Å². The van der Waals surface area contributed by atoms with Crippen LogP contribution in [0.3, 0.4) is 0 Å². The Morgan fingerprint density at radius 2 is 1.88 bits per heavy atom. The minimum absolute atomic E-state index is 0.197. The van der Waals surface area contributed by atoms with Crippen LogP contribution in [0.15, 0.2) is 0 Å². The second-order valence-corrected chi connectivity index (χ2v) is 6.24. The molecule has 10 nitrogen and oxygen atoms in total. The molecule has 3 unspecified atom stereocenters. The number of carbonyl (C=O) groups excluding carboxylic acids is 3. The molecule has 0 aliphatic carbocycles. The lowest BCUT2D eigenvalue weighted by Gasteiger charge is -2.23. The van der Waals surface area contributed by atoms with Gasteiger partial charge < -0.3 is 31.5 Å². The summed E-state index contributed by atoms with van der Waals surface area (Å²) in [6.45, 7) is 3.07. The smallest absolute Gasteiger partial charge is 0.328 e. The van der Waals surface area contributed by atoms with Crippen molar-refractivity contribution in [1.82, 2.24) is 21.3 Å². The lowest BCUT2D eigenvalue weighted by molar-refractivity contribution is -0.142. The first-order chi connectivity index (χ1) is 11.8. The number of aliphatic hydroxyl groups is 1. The largest absolute Gasteiger partial charge is 0.480 e. The second kappa shape index (κ2) is 9.94. The van der Waals surface area contributed by atoms with Crippen LogP contribution in [0.1, 0.15) is 26.7 Å². The van der Waals surface area contributed by atoms with Gasteiger partial charge in [-0.1, -0.05) is 13.8 Å². The maximum absolute atomic E-state index is 12.2. The summed E-state index contributed by atoms with van der Waals surface area (Å²) in [7, 11) is 0. The molecule has 0 bridgehead atoms. The van der Waals surface area contributed by atoms with E-state index in [2.05, 4.69) is 21.3 Å². The van der Waals surface area contributed by atoms with E-state index in [0.29, 0.717) is 6.42 Å². The molecule has 10 heteroatoms. The molecule has 0 aromatic rings. The van der Waals surface area contributed by atoms with Gasteiger partial charge in [-0.2, -0.15) is 0 Å². The molecule has 1 heterocycles. The van der Waals surface area contributed by atoms with E-state index in [1.165, 1.54) is 0 Å². The van der Waals surface area contributed by atoms with Gasteiger partial charge in [-0.05, 0) is 25.3 Å². The average Bonchev–Trinajstić information content (AvgIpc) is 3.09. The Morgan fingerprint density at radius 3 is 2.36 bits per heavy atom. The number of carboxylic acids is 1. The van der Waals surface area contributed by atoms with Crippen LogP contribution >= 0.6 is 0 Å². The maximum Gasteiger partial charge on any atom is 0.328 e. The van der Waals surface area contributed by atoms with Crippen molar-refractivity contribution in [2.45, 2.75) is 44.8 Å². The Bertz CT molecular complexity index is 504. The van der Waals surface area contributed by atoms with Crippen molar-refractivity contribution in [3.63, 3.8) is 0 Å². The first-order valence-electron chi connectivity index (χ1n) is 8.20. The minimum atomic E-state index is -1.43. The topological polar surface area (TPSA) is 157 Å². The van der Waals surface area contributed by atoms with Gasteiger partial charge in [0, 0.05) is 0 Å². The third-order valence-corrected chi connectivity index (χ3v) is 3.86. The Labute approximate surface area is 145 Å². The van der Waals surface area contributed by atoms with Crippen molar-refractivity contribution in [1.29, 1.82) is 0 Å². The van der Waals surface area contributed by atoms with Crippen molar-refractivity contribution >= 4 is 23.7 Å². The zero-order chi connectivity index (χ0) is 19.0. The molecule has 6 N–H and O–H groups in total. The highest BCUT2D eigenvalue weighted by Gasteiger charge is 2.29. The van der Waals surface area contributed by atoms with E-state index in [4.69, 9.17) is 10.2 Å². The van der Waals surface area contributed by atoms with E-state index < -0.39 is 43.0 Å². The maximum atomic E-state index is 12.2. The number of carboxylic acid groups (broad SMARTS) is 1. The normalized spacial score (nSPS) is 19.1. The fourth-order valence-electron chi connectivity index (χ4n) is 2.41. The van der Waals surface area contributed by atoms with Gasteiger partial charge in [0.05, 0.1) is 19.2 Å². The number of hydrogen-bond donors (Lipinski definition) is 6. The predicted molar refractivity (Wildman–Crippen MR) is 87.5 cm³/mol. The fourth-order valence-corrected chi connectivity index (χ4v) is 2.41. The number of nitrogens with one attached hydrogen (secondary N) is 4. The summed E-state index contributed by atoms with van der Waals surface area (Å²) in [6.07, 6.45) is 1.60. The number of rotatable bonds is 9. The Hall–Kier alpha value is -2.20. The van der Waals surface area contributed by atoms with Crippen molar-refractivity contribution < 1.29 is 29.4 Å². The molecular formula is C15H26N4O6. The molecule has 1 rings (SSSR count). The quantitative estimate of drug-likeness (QED) is 0.267. The van der Waals surface area contributed by atoms with Crippen LogP contribution in [0, 0.1) is 5.92 Å². The molecule has 1 aliphatic rings. The number of aliphatic hydroxyl groups excluding tert-OH is 1. The molecule has 0 saturated carbocycles. The van der Waals surface area contributed by atoms with Gasteiger partial charge in [0.15, 0.2) is 0 Å². The van der Waals surface area contributed by atoms with E-state index in [-0.39, 0.29) is 17.9 Å². The number of hydrogen-bond acceptors (Lipinski definition) is 6. The SMILES string of the molecule is CC(C)C(NC(=O)C1CCCN1)C(=O)NCC(=O)NC(CO)C(=O)O. The predicted octanol–water partition coefficient (Wildman–Crippen LogP) is -2.44. The highest BCUT2D eigenvalue weighted by Crippen LogP contribution is 2.07. The molecule has 1 aliphatic heterocycles. The molecule has 25 heavy (non-hydrogen) atoms. The molecule has 3 amide bonds. The molecule has 0 spiro atoms. The van der Waals surface area contributed by atoms with Crippen LogP contribution in [0.5, 0.6) is 0 Å². The van der Waals surface area contributed by atoms with Gasteiger partial charge in [-0.25, -0.2) is 4.79 Å². The van der Waals surface area contributed by atoms with Gasteiger partial charge >= 0.3 is 5.97 Å². The zero-order valence-corrected chi connectivity index (χ0v) is 14.4. The lowest BCUT2D eigenvalue weighted by atomic mass is 10.0. The second-order valence-electron chi connectivity index (χ2n) is 6.24. The summed E-state index contributed by atoms with van der Waals surface area (Å²) >= 11 is 0. The highest BCUT2D eigenvalue weighted by molar-refractivity contribution is 5.92. The Balaban J connectivity index is 2.51. The first-order valence-corrected chi connectivity index (χ1v) is 8.20. The summed E-state index contributed by atoms with van der Waals surface area (Å²) in [4.78, 5) is 46.8. The fraction of sp³-hybridized carbons (Fsp3) is 0.733. The summed E-state index contributed by atoms with van der Waals surface area (Å²) in [5, 5.41) is 27.8. The van der Waals surface area contributed by atoms with Gasteiger partial charge in [-0.15, -0.1) is 0 Å². The Kier molecular flexibility index (Phi) is 8.29. The molecule has 142 valence electrons. The van der Waals surface area contributed by atoms with E-state index >= 15 is 0 Å². The van der Waals surface area contributed by atoms with Crippen LogP contribution in [0.2, 0.25) is 0 Å². The monoisotopic (exact) mass is 358 g/mol. The first kappa shape index (κ1) is 20.8. The van der Waals surface area contributed by atoms with Crippen molar-refractivity contribution in [3.8, 4) is 0 Å². The molecule has 0 aromatic heterocycles. The Morgan fingerprint density at radius 1 is 1.20 bits per heavy atom. The van der Waals surface area contributed by atoms with Crippen LogP contribution in [-0.4, -0.2) is 71.7 Å². The molecule has 0 aromatic carbocycles. The van der Waals surface area contributed by atoms with Gasteiger partial charge in [-0.3, -0.25) is 14.4 Å². The van der Waals surface area contributed by atoms with E-state index in [9.17, 15) is 19.2 Å². The van der Waals surface area contributed by atoms with Gasteiger partial charge in [0.25, 0.3) is 0 Å². The van der Waals surface area contributed by atoms with Crippen molar-refractivity contribution in [2.24, 2.45) is 5.92 Å². The van der Waals surface area contributed by atoms with Crippen LogP contribution in [0.25, 0.3) is 0 Å². The van der Waals surface area contributed by atoms with E-state index in [0.717, 1.165) is 13.0 Å².